The summed E-state index contributed by atoms with van der Waals surface area (Å²) in [5, 5.41) is 3.99. The van der Waals surface area contributed by atoms with Gasteiger partial charge >= 0.3 is 0 Å². The van der Waals surface area contributed by atoms with E-state index in [1.807, 2.05) is 42.1 Å². The number of hydrogen-bond donors (Lipinski definition) is 1. The third kappa shape index (κ3) is 3.36. The molecule has 0 fully saturated rings. The number of carbonyl (C=O) groups excluding carboxylic acids is 1. The zero-order valence-corrected chi connectivity index (χ0v) is 15.7. The van der Waals surface area contributed by atoms with Crippen molar-refractivity contribution in [2.75, 3.05) is 14.1 Å². The van der Waals surface area contributed by atoms with E-state index in [2.05, 4.69) is 5.32 Å². The highest BCUT2D eigenvalue weighted by atomic mass is 32.2. The molecule has 1 N–H and O–H groups in total. The van der Waals surface area contributed by atoms with Gasteiger partial charge < -0.3 is 9.88 Å². The molecule has 0 spiro atoms. The predicted molar refractivity (Wildman–Crippen MR) is 101 cm³/mol. The molecular formula is C19H21N3O3S. The summed E-state index contributed by atoms with van der Waals surface area (Å²) in [5.74, 6) is -0.244. The Balaban J connectivity index is 1.74. The molecule has 3 rings (SSSR count). The second kappa shape index (κ2) is 6.93. The molecule has 0 aliphatic carbocycles. The maximum atomic E-state index is 12.4. The van der Waals surface area contributed by atoms with E-state index >= 15 is 0 Å². The van der Waals surface area contributed by atoms with Gasteiger partial charge in [0.2, 0.25) is 10.0 Å². The van der Waals surface area contributed by atoms with E-state index < -0.39 is 10.0 Å². The fraction of sp³-hybridized carbons (Fsp3) is 0.211. The van der Waals surface area contributed by atoms with Crippen LogP contribution in [0.25, 0.3) is 10.9 Å². The minimum Gasteiger partial charge on any atom is -0.350 e. The van der Waals surface area contributed by atoms with Gasteiger partial charge in [0.05, 0.1) is 4.90 Å². The van der Waals surface area contributed by atoms with Gasteiger partial charge in [-0.3, -0.25) is 4.79 Å². The first kappa shape index (κ1) is 18.2. The molecule has 1 heterocycles. The lowest BCUT2D eigenvalue weighted by molar-refractivity contribution is 0.0951. The van der Waals surface area contributed by atoms with Gasteiger partial charge in [0.25, 0.3) is 5.91 Å². The quantitative estimate of drug-likeness (QED) is 0.748. The highest BCUT2D eigenvalue weighted by Crippen LogP contribution is 2.20. The van der Waals surface area contributed by atoms with Crippen LogP contribution in [0.3, 0.4) is 0 Å². The van der Waals surface area contributed by atoms with Crippen LogP contribution in [0.4, 0.5) is 0 Å². The predicted octanol–water partition coefficient (Wildman–Crippen LogP) is 2.36. The number of nitrogens with zero attached hydrogens (tertiary/aromatic N) is 2. The zero-order chi connectivity index (χ0) is 18.9. The molecule has 0 saturated heterocycles. The summed E-state index contributed by atoms with van der Waals surface area (Å²) in [6.45, 7) is 0.401. The van der Waals surface area contributed by atoms with Crippen LogP contribution < -0.4 is 5.32 Å². The third-order valence-electron chi connectivity index (χ3n) is 4.31. The second-order valence-electron chi connectivity index (χ2n) is 6.28. The van der Waals surface area contributed by atoms with Crippen molar-refractivity contribution in [3.05, 3.63) is 65.9 Å². The first-order valence-corrected chi connectivity index (χ1v) is 9.58. The topological polar surface area (TPSA) is 71.4 Å². The van der Waals surface area contributed by atoms with Gasteiger partial charge in [-0.15, -0.1) is 0 Å². The molecule has 0 saturated carbocycles. The average Bonchev–Trinajstić information content (AvgIpc) is 2.96. The first-order valence-electron chi connectivity index (χ1n) is 8.14. The van der Waals surface area contributed by atoms with Crippen LogP contribution in [-0.2, 0) is 23.6 Å². The maximum Gasteiger partial charge on any atom is 0.251 e. The molecule has 1 aromatic heterocycles. The molecule has 0 unspecified atom stereocenters. The van der Waals surface area contributed by atoms with E-state index in [1.165, 1.54) is 38.4 Å². The number of fused-ring (bicyclic) bond motifs is 1. The van der Waals surface area contributed by atoms with E-state index in [9.17, 15) is 13.2 Å². The smallest absolute Gasteiger partial charge is 0.251 e. The Hall–Kier alpha value is -2.64. The molecule has 0 aliphatic rings. The summed E-state index contributed by atoms with van der Waals surface area (Å²) in [7, 11) is 1.42. The van der Waals surface area contributed by atoms with Crippen molar-refractivity contribution < 1.29 is 13.2 Å². The SMILES string of the molecule is CN(C)S(=O)(=O)c1ccc(C(=O)NCc2cn(C)c3ccccc23)cc1. The van der Waals surface area contributed by atoms with Gasteiger partial charge in [0.15, 0.2) is 0 Å². The number of para-hydroxylation sites is 1. The standard InChI is InChI=1S/C19H21N3O3S/c1-21(2)26(24,25)16-10-8-14(9-11-16)19(23)20-12-15-13-22(3)18-7-5-4-6-17(15)18/h4-11,13H,12H2,1-3H3,(H,20,23). The van der Waals surface area contributed by atoms with E-state index in [0.29, 0.717) is 12.1 Å². The summed E-state index contributed by atoms with van der Waals surface area (Å²) in [6, 6.07) is 13.9. The molecule has 0 radical (unpaired) electrons. The van der Waals surface area contributed by atoms with Gasteiger partial charge in [-0.05, 0) is 35.9 Å². The van der Waals surface area contributed by atoms with Crippen LogP contribution in [0.15, 0.2) is 59.6 Å². The molecule has 6 nitrogen and oxygen atoms in total. The minimum absolute atomic E-state index is 0.160. The van der Waals surface area contributed by atoms with Crippen molar-refractivity contribution in [1.29, 1.82) is 0 Å². The zero-order valence-electron chi connectivity index (χ0n) is 14.9. The summed E-state index contributed by atoms with van der Waals surface area (Å²) in [4.78, 5) is 12.5. The number of carbonyl (C=O) groups is 1. The largest absolute Gasteiger partial charge is 0.350 e. The Labute approximate surface area is 153 Å². The number of nitrogens with one attached hydrogen (secondary N) is 1. The Morgan fingerprint density at radius 2 is 1.73 bits per heavy atom. The van der Waals surface area contributed by atoms with E-state index in [1.54, 1.807) is 0 Å². The molecular weight excluding hydrogens is 350 g/mol. The van der Waals surface area contributed by atoms with Gasteiger partial charge in [-0.2, -0.15) is 0 Å². The maximum absolute atomic E-state index is 12.4. The van der Waals surface area contributed by atoms with Crippen molar-refractivity contribution in [1.82, 2.24) is 14.2 Å². The average molecular weight is 371 g/mol. The molecule has 136 valence electrons. The van der Waals surface area contributed by atoms with Gasteiger partial charge in [0.1, 0.15) is 0 Å². The van der Waals surface area contributed by atoms with Crippen LogP contribution in [0.2, 0.25) is 0 Å². The Kier molecular flexibility index (Phi) is 4.84. The number of aryl methyl sites for hydroxylation is 1. The monoisotopic (exact) mass is 371 g/mol. The second-order valence-corrected chi connectivity index (χ2v) is 8.43. The molecule has 2 aromatic carbocycles. The summed E-state index contributed by atoms with van der Waals surface area (Å²) >= 11 is 0. The van der Waals surface area contributed by atoms with Crippen molar-refractivity contribution in [2.45, 2.75) is 11.4 Å². The fourth-order valence-corrected chi connectivity index (χ4v) is 3.73. The normalized spacial score (nSPS) is 11.8. The lowest BCUT2D eigenvalue weighted by Crippen LogP contribution is -2.24. The number of amides is 1. The van der Waals surface area contributed by atoms with Gasteiger partial charge in [0, 0.05) is 50.4 Å². The van der Waals surface area contributed by atoms with Crippen LogP contribution in [-0.4, -0.2) is 37.3 Å². The van der Waals surface area contributed by atoms with E-state index in [0.717, 1.165) is 20.8 Å². The summed E-state index contributed by atoms with van der Waals surface area (Å²) in [6.07, 6.45) is 2.00. The first-order chi connectivity index (χ1) is 12.3. The van der Waals surface area contributed by atoms with Crippen LogP contribution in [0.1, 0.15) is 15.9 Å². The highest BCUT2D eigenvalue weighted by molar-refractivity contribution is 7.89. The van der Waals surface area contributed by atoms with Gasteiger partial charge in [-0.1, -0.05) is 18.2 Å². The van der Waals surface area contributed by atoms with Crippen molar-refractivity contribution in [3.8, 4) is 0 Å². The van der Waals surface area contributed by atoms with Crippen LogP contribution in [0.5, 0.6) is 0 Å². The van der Waals surface area contributed by atoms with Crippen LogP contribution in [0, 0.1) is 0 Å². The summed E-state index contributed by atoms with van der Waals surface area (Å²) < 4.78 is 27.3. The number of benzene rings is 2. The Morgan fingerprint density at radius 3 is 2.38 bits per heavy atom. The molecule has 0 aliphatic heterocycles. The lowest BCUT2D eigenvalue weighted by Gasteiger charge is -2.11. The number of rotatable bonds is 5. The fourth-order valence-electron chi connectivity index (χ4n) is 2.83. The van der Waals surface area contributed by atoms with E-state index in [-0.39, 0.29) is 10.8 Å². The molecule has 0 atom stereocenters. The Bertz CT molecular complexity index is 1050. The number of aromatic nitrogens is 1. The number of sulfonamides is 1. The van der Waals surface area contributed by atoms with Crippen molar-refractivity contribution in [2.24, 2.45) is 7.05 Å². The van der Waals surface area contributed by atoms with Crippen molar-refractivity contribution >= 4 is 26.8 Å². The molecule has 3 aromatic rings. The number of hydrogen-bond acceptors (Lipinski definition) is 3. The minimum atomic E-state index is -3.50. The van der Waals surface area contributed by atoms with Crippen LogP contribution >= 0.6 is 0 Å². The Morgan fingerprint density at radius 1 is 1.08 bits per heavy atom. The summed E-state index contributed by atoms with van der Waals surface area (Å²) in [5.41, 5.74) is 2.56. The molecule has 1 amide bonds. The molecule has 0 bridgehead atoms. The molecule has 26 heavy (non-hydrogen) atoms. The molecule has 7 heteroatoms. The van der Waals surface area contributed by atoms with E-state index in [4.69, 9.17) is 0 Å². The third-order valence-corrected chi connectivity index (χ3v) is 6.14. The van der Waals surface area contributed by atoms with Gasteiger partial charge in [-0.25, -0.2) is 12.7 Å². The highest BCUT2D eigenvalue weighted by Gasteiger charge is 2.17. The lowest BCUT2D eigenvalue weighted by atomic mass is 10.1. The van der Waals surface area contributed by atoms with Crippen molar-refractivity contribution in [3.63, 3.8) is 0 Å².